The molecule has 1 atom stereocenters. The molecule has 58 valence electrons. The summed E-state index contributed by atoms with van der Waals surface area (Å²) in [5.41, 5.74) is 1.08. The van der Waals surface area contributed by atoms with E-state index in [0.29, 0.717) is 0 Å². The van der Waals surface area contributed by atoms with Gasteiger partial charge in [0.15, 0.2) is 0 Å². The number of aliphatic imine (C=N–C) groups is 1. The minimum atomic E-state index is -0.222. The summed E-state index contributed by atoms with van der Waals surface area (Å²) in [7, 11) is 0. The highest BCUT2D eigenvalue weighted by Gasteiger charge is 2.21. The van der Waals surface area contributed by atoms with Gasteiger partial charge in [-0.05, 0) is 20.3 Å². The first kappa shape index (κ1) is 7.96. The van der Waals surface area contributed by atoms with Gasteiger partial charge in [0.25, 0.3) is 0 Å². The van der Waals surface area contributed by atoms with E-state index in [0.717, 1.165) is 6.42 Å². The van der Waals surface area contributed by atoms with Gasteiger partial charge in [0.1, 0.15) is 0 Å². The second-order valence-electron chi connectivity index (χ2n) is 3.13. The van der Waals surface area contributed by atoms with Gasteiger partial charge in [-0.2, -0.15) is 0 Å². The quantitative estimate of drug-likeness (QED) is 0.554. The van der Waals surface area contributed by atoms with Gasteiger partial charge in [0.2, 0.25) is 0 Å². The van der Waals surface area contributed by atoms with Gasteiger partial charge in [-0.1, -0.05) is 23.8 Å². The standard InChI is InChI=1S/C9H12N2/c1-8-4-3-5-9(2,6-8)11-7-10/h3-5,10H,6H2,1-2H3. The van der Waals surface area contributed by atoms with Crippen molar-refractivity contribution in [2.24, 2.45) is 4.99 Å². The van der Waals surface area contributed by atoms with Gasteiger partial charge in [0, 0.05) is 0 Å². The van der Waals surface area contributed by atoms with Crippen LogP contribution in [0.5, 0.6) is 0 Å². The summed E-state index contributed by atoms with van der Waals surface area (Å²) in [6, 6.07) is 2.09. The molecule has 0 saturated carbocycles. The Morgan fingerprint density at radius 3 is 3.00 bits per heavy atom. The smallest absolute Gasteiger partial charge is 0.0909 e. The zero-order chi connectivity index (χ0) is 8.32. The predicted molar refractivity (Wildman–Crippen MR) is 46.1 cm³/mol. The topological polar surface area (TPSA) is 36.2 Å². The van der Waals surface area contributed by atoms with Crippen LogP contribution in [0.2, 0.25) is 0 Å². The fourth-order valence-corrected chi connectivity index (χ4v) is 1.31. The Hall–Kier alpha value is -1.14. The molecule has 2 heteroatoms. The molecule has 0 aromatic heterocycles. The van der Waals surface area contributed by atoms with Gasteiger partial charge in [-0.3, -0.25) is 0 Å². The van der Waals surface area contributed by atoms with Crippen LogP contribution in [0.1, 0.15) is 20.3 Å². The summed E-state index contributed by atoms with van der Waals surface area (Å²) in [6.07, 6.45) is 6.96. The molecule has 0 saturated heterocycles. The van der Waals surface area contributed by atoms with Crippen LogP contribution in [0.4, 0.5) is 0 Å². The highest BCUT2D eigenvalue weighted by molar-refractivity contribution is 5.40. The van der Waals surface area contributed by atoms with Crippen molar-refractivity contribution in [3.8, 4) is 0 Å². The summed E-state index contributed by atoms with van der Waals surface area (Å²) in [5, 5.41) is 6.76. The summed E-state index contributed by atoms with van der Waals surface area (Å²) in [4.78, 5) is 3.96. The summed E-state index contributed by atoms with van der Waals surface area (Å²) >= 11 is 0. The molecule has 0 heterocycles. The van der Waals surface area contributed by atoms with E-state index in [1.807, 2.05) is 19.1 Å². The van der Waals surface area contributed by atoms with Crippen LogP contribution in [-0.2, 0) is 0 Å². The molecule has 0 aromatic carbocycles. The Morgan fingerprint density at radius 1 is 1.73 bits per heavy atom. The molecule has 2 nitrogen and oxygen atoms in total. The van der Waals surface area contributed by atoms with Crippen LogP contribution >= 0.6 is 0 Å². The van der Waals surface area contributed by atoms with Crippen LogP contribution < -0.4 is 0 Å². The maximum atomic E-state index is 6.76. The maximum Gasteiger partial charge on any atom is 0.0909 e. The number of allylic oxidation sites excluding steroid dienone is 2. The highest BCUT2D eigenvalue weighted by atomic mass is 14.8. The van der Waals surface area contributed by atoms with Crippen LogP contribution in [0.3, 0.4) is 0 Å². The molecule has 1 aliphatic carbocycles. The predicted octanol–water partition coefficient (Wildman–Crippen LogP) is 2.40. The molecule has 0 aromatic rings. The number of nitrogens with zero attached hydrogens (tertiary/aromatic N) is 1. The summed E-state index contributed by atoms with van der Waals surface area (Å²) < 4.78 is 0. The first-order valence-corrected chi connectivity index (χ1v) is 3.65. The molecule has 0 bridgehead atoms. The van der Waals surface area contributed by atoms with E-state index in [1.54, 1.807) is 0 Å². The van der Waals surface area contributed by atoms with E-state index in [2.05, 4.69) is 24.0 Å². The lowest BCUT2D eigenvalue weighted by Gasteiger charge is -2.22. The van der Waals surface area contributed by atoms with Gasteiger partial charge in [-0.25, -0.2) is 10.4 Å². The molecule has 1 aliphatic rings. The summed E-state index contributed by atoms with van der Waals surface area (Å²) in [5.74, 6) is 0. The van der Waals surface area contributed by atoms with Crippen LogP contribution in [-0.4, -0.2) is 11.5 Å². The third kappa shape index (κ3) is 1.89. The molecule has 11 heavy (non-hydrogen) atoms. The van der Waals surface area contributed by atoms with Crippen LogP contribution in [0, 0.1) is 5.41 Å². The second kappa shape index (κ2) is 2.85. The number of hydrogen-bond acceptors (Lipinski definition) is 2. The fraction of sp³-hybridized carbons (Fsp3) is 0.444. The lowest BCUT2D eigenvalue weighted by atomic mass is 9.90. The van der Waals surface area contributed by atoms with Crippen molar-refractivity contribution < 1.29 is 0 Å². The largest absolute Gasteiger partial charge is 0.242 e. The van der Waals surface area contributed by atoms with E-state index in [4.69, 9.17) is 5.41 Å². The van der Waals surface area contributed by atoms with Crippen LogP contribution in [0.25, 0.3) is 0 Å². The van der Waals surface area contributed by atoms with Gasteiger partial charge in [-0.15, -0.1) is 0 Å². The fourth-order valence-electron chi connectivity index (χ4n) is 1.31. The van der Waals surface area contributed by atoms with Crippen molar-refractivity contribution in [3.63, 3.8) is 0 Å². The number of nitrogens with one attached hydrogen (secondary N) is 1. The Kier molecular flexibility index (Phi) is 2.06. The van der Waals surface area contributed by atoms with Gasteiger partial charge in [0.05, 0.1) is 11.5 Å². The number of rotatable bonds is 1. The lowest BCUT2D eigenvalue weighted by Crippen LogP contribution is -2.20. The van der Waals surface area contributed by atoms with Crippen molar-refractivity contribution in [2.75, 3.05) is 0 Å². The molecule has 0 radical (unpaired) electrons. The molecule has 1 rings (SSSR count). The van der Waals surface area contributed by atoms with Crippen molar-refractivity contribution >= 4 is 6.01 Å². The molecule has 1 unspecified atom stereocenters. The number of hydrogen-bond donors (Lipinski definition) is 1. The average molecular weight is 148 g/mol. The molecular formula is C9H12N2. The van der Waals surface area contributed by atoms with E-state index < -0.39 is 0 Å². The molecule has 0 fully saturated rings. The van der Waals surface area contributed by atoms with Crippen LogP contribution in [0.15, 0.2) is 28.8 Å². The molecule has 0 aliphatic heterocycles. The minimum Gasteiger partial charge on any atom is -0.242 e. The van der Waals surface area contributed by atoms with E-state index in [1.165, 1.54) is 5.57 Å². The summed E-state index contributed by atoms with van der Waals surface area (Å²) in [6.45, 7) is 4.07. The zero-order valence-electron chi connectivity index (χ0n) is 6.89. The SMILES string of the molecule is CC1=CC=CC(C)(N=C=N)C1. The zero-order valence-corrected chi connectivity index (χ0v) is 6.89. The molecule has 0 spiro atoms. The Morgan fingerprint density at radius 2 is 2.45 bits per heavy atom. The monoisotopic (exact) mass is 148 g/mol. The van der Waals surface area contributed by atoms with E-state index in [-0.39, 0.29) is 5.54 Å². The van der Waals surface area contributed by atoms with Crippen molar-refractivity contribution in [1.29, 1.82) is 5.41 Å². The maximum absolute atomic E-state index is 6.76. The first-order chi connectivity index (χ1) is 5.16. The molecule has 1 N–H and O–H groups in total. The van der Waals surface area contributed by atoms with E-state index >= 15 is 0 Å². The highest BCUT2D eigenvalue weighted by Crippen LogP contribution is 2.25. The Balaban J connectivity index is 2.86. The second-order valence-corrected chi connectivity index (χ2v) is 3.13. The Bertz CT molecular complexity index is 257. The average Bonchev–Trinajstić information content (AvgIpc) is 1.86. The molecule has 0 amide bonds. The van der Waals surface area contributed by atoms with Gasteiger partial charge >= 0.3 is 0 Å². The first-order valence-electron chi connectivity index (χ1n) is 3.65. The van der Waals surface area contributed by atoms with Crippen molar-refractivity contribution in [3.05, 3.63) is 23.8 Å². The minimum absolute atomic E-state index is 0.222. The van der Waals surface area contributed by atoms with Gasteiger partial charge < -0.3 is 0 Å². The normalized spacial score (nSPS) is 29.1. The third-order valence-electron chi connectivity index (χ3n) is 1.78. The Labute approximate surface area is 66.9 Å². The van der Waals surface area contributed by atoms with Crippen molar-refractivity contribution in [1.82, 2.24) is 0 Å². The lowest BCUT2D eigenvalue weighted by molar-refractivity contribution is 0.578. The van der Waals surface area contributed by atoms with E-state index in [9.17, 15) is 0 Å². The van der Waals surface area contributed by atoms with Crippen molar-refractivity contribution in [2.45, 2.75) is 25.8 Å². The third-order valence-corrected chi connectivity index (χ3v) is 1.78. The molecular weight excluding hydrogens is 136 g/mol.